The van der Waals surface area contributed by atoms with Crippen molar-refractivity contribution < 1.29 is 31.1 Å². The van der Waals surface area contributed by atoms with E-state index < -0.39 is 24.2 Å². The van der Waals surface area contributed by atoms with Gasteiger partial charge in [-0.05, 0) is 46.4 Å². The Bertz CT molecular complexity index is 1050. The summed E-state index contributed by atoms with van der Waals surface area (Å²) in [7, 11) is 0. The first-order valence-corrected chi connectivity index (χ1v) is 10.3. The molecule has 174 valence electrons. The van der Waals surface area contributed by atoms with Gasteiger partial charge < -0.3 is 4.74 Å². The first-order chi connectivity index (χ1) is 15.6. The van der Waals surface area contributed by atoms with E-state index in [2.05, 4.69) is 35.9 Å². The summed E-state index contributed by atoms with van der Waals surface area (Å²) >= 11 is 0. The summed E-state index contributed by atoms with van der Waals surface area (Å²) in [6.07, 6.45) is -9.50. The molecule has 0 aliphatic rings. The van der Waals surface area contributed by atoms with E-state index in [0.717, 1.165) is 41.7 Å². The van der Waals surface area contributed by atoms with E-state index in [-0.39, 0.29) is 0 Å². The van der Waals surface area contributed by atoms with Crippen LogP contribution in [0.1, 0.15) is 30.0 Å². The normalized spacial score (nSPS) is 13.3. The molecule has 0 saturated heterocycles. The van der Waals surface area contributed by atoms with Crippen LogP contribution in [-0.4, -0.2) is 18.5 Å². The molecular formula is C26H22F6O. The van der Waals surface area contributed by atoms with E-state index in [0.29, 0.717) is 5.56 Å². The quantitative estimate of drug-likeness (QED) is 0.240. The van der Waals surface area contributed by atoms with Gasteiger partial charge in [-0.15, -0.1) is 0 Å². The monoisotopic (exact) mass is 464 g/mol. The van der Waals surface area contributed by atoms with Crippen LogP contribution in [0.4, 0.5) is 26.3 Å². The summed E-state index contributed by atoms with van der Waals surface area (Å²) in [6.45, 7) is 2.14. The van der Waals surface area contributed by atoms with Crippen molar-refractivity contribution in [1.29, 1.82) is 0 Å². The number of alkyl halides is 6. The first-order valence-electron chi connectivity index (χ1n) is 10.3. The lowest BCUT2D eigenvalue weighted by Gasteiger charge is -2.23. The van der Waals surface area contributed by atoms with Gasteiger partial charge in [0.1, 0.15) is 5.75 Å². The van der Waals surface area contributed by atoms with Crippen molar-refractivity contribution >= 4 is 12.2 Å². The fraction of sp³-hybridized carbons (Fsp3) is 0.231. The number of aryl methyl sites for hydroxylation is 1. The molecule has 1 unspecified atom stereocenters. The van der Waals surface area contributed by atoms with Gasteiger partial charge in [-0.1, -0.05) is 86.2 Å². The van der Waals surface area contributed by atoms with Crippen LogP contribution in [0.3, 0.4) is 0 Å². The van der Waals surface area contributed by atoms with Crippen molar-refractivity contribution in [3.05, 3.63) is 89.5 Å². The summed E-state index contributed by atoms with van der Waals surface area (Å²) in [6, 6.07) is 21.1. The minimum absolute atomic E-state index is 0.571. The largest absolute Gasteiger partial charge is 0.439 e. The van der Waals surface area contributed by atoms with Crippen molar-refractivity contribution in [2.24, 2.45) is 0 Å². The SMILES string of the molecule is CCCc1ccc(-c2ccc(C=Cc3ccc(OC(F)(F)C(F)C(F)(F)F)cc3)cc2)cc1. The molecule has 0 aromatic heterocycles. The van der Waals surface area contributed by atoms with Gasteiger partial charge in [0.15, 0.2) is 0 Å². The van der Waals surface area contributed by atoms with E-state index >= 15 is 0 Å². The number of hydrogen-bond donors (Lipinski definition) is 0. The molecule has 0 bridgehead atoms. The van der Waals surface area contributed by atoms with Crippen LogP contribution >= 0.6 is 0 Å². The first kappa shape index (κ1) is 24.4. The molecule has 33 heavy (non-hydrogen) atoms. The Balaban J connectivity index is 1.63. The third-order valence-electron chi connectivity index (χ3n) is 4.92. The predicted molar refractivity (Wildman–Crippen MR) is 118 cm³/mol. The number of halogens is 6. The number of benzene rings is 3. The molecule has 0 aliphatic carbocycles. The molecule has 0 radical (unpaired) electrons. The second kappa shape index (κ2) is 10.1. The smallest absolute Gasteiger partial charge is 0.430 e. The van der Waals surface area contributed by atoms with Crippen molar-refractivity contribution in [3.8, 4) is 16.9 Å². The maximum atomic E-state index is 13.3. The lowest BCUT2D eigenvalue weighted by Crippen LogP contribution is -2.45. The number of rotatable bonds is 8. The Hall–Kier alpha value is -3.22. The van der Waals surface area contributed by atoms with Crippen LogP contribution in [0.5, 0.6) is 5.75 Å². The fourth-order valence-corrected chi connectivity index (χ4v) is 3.18. The van der Waals surface area contributed by atoms with Gasteiger partial charge in [-0.2, -0.15) is 22.0 Å². The average Bonchev–Trinajstić information content (AvgIpc) is 2.78. The van der Waals surface area contributed by atoms with Crippen LogP contribution in [0.25, 0.3) is 23.3 Å². The van der Waals surface area contributed by atoms with Gasteiger partial charge >= 0.3 is 12.3 Å². The highest BCUT2D eigenvalue weighted by Crippen LogP contribution is 2.36. The molecule has 1 atom stereocenters. The van der Waals surface area contributed by atoms with Crippen molar-refractivity contribution in [2.45, 2.75) is 38.2 Å². The number of hydrogen-bond acceptors (Lipinski definition) is 1. The lowest BCUT2D eigenvalue weighted by molar-refractivity contribution is -0.304. The molecule has 0 aliphatic heterocycles. The van der Waals surface area contributed by atoms with Crippen LogP contribution in [0.2, 0.25) is 0 Å². The fourth-order valence-electron chi connectivity index (χ4n) is 3.18. The zero-order valence-electron chi connectivity index (χ0n) is 17.8. The van der Waals surface area contributed by atoms with Gasteiger partial charge in [0.05, 0.1) is 0 Å². The minimum atomic E-state index is -5.72. The Morgan fingerprint density at radius 2 is 1.18 bits per heavy atom. The van der Waals surface area contributed by atoms with Crippen LogP contribution in [0.15, 0.2) is 72.8 Å². The van der Waals surface area contributed by atoms with E-state index in [1.807, 2.05) is 24.3 Å². The Kier molecular flexibility index (Phi) is 7.51. The highest BCUT2D eigenvalue weighted by molar-refractivity contribution is 5.72. The summed E-state index contributed by atoms with van der Waals surface area (Å²) in [4.78, 5) is 0. The second-order valence-corrected chi connectivity index (χ2v) is 7.54. The topological polar surface area (TPSA) is 9.23 Å². The maximum Gasteiger partial charge on any atom is 0.439 e. The van der Waals surface area contributed by atoms with E-state index in [1.165, 1.54) is 17.7 Å². The molecule has 1 nitrogen and oxygen atoms in total. The van der Waals surface area contributed by atoms with Gasteiger partial charge in [-0.3, -0.25) is 0 Å². The van der Waals surface area contributed by atoms with Crippen molar-refractivity contribution in [2.75, 3.05) is 0 Å². The molecule has 0 spiro atoms. The van der Waals surface area contributed by atoms with Crippen LogP contribution < -0.4 is 4.74 Å². The second-order valence-electron chi connectivity index (χ2n) is 7.54. The van der Waals surface area contributed by atoms with Crippen LogP contribution in [0, 0.1) is 0 Å². The maximum absolute atomic E-state index is 13.3. The van der Waals surface area contributed by atoms with Crippen LogP contribution in [-0.2, 0) is 6.42 Å². The summed E-state index contributed by atoms with van der Waals surface area (Å²) in [5, 5.41) is 0. The zero-order chi connectivity index (χ0) is 24.1. The third-order valence-corrected chi connectivity index (χ3v) is 4.92. The van der Waals surface area contributed by atoms with E-state index in [4.69, 9.17) is 0 Å². The molecule has 7 heteroatoms. The van der Waals surface area contributed by atoms with Gasteiger partial charge in [0.2, 0.25) is 0 Å². The molecule has 3 aromatic rings. The van der Waals surface area contributed by atoms with Gasteiger partial charge in [0, 0.05) is 0 Å². The lowest BCUT2D eigenvalue weighted by atomic mass is 10.0. The summed E-state index contributed by atoms with van der Waals surface area (Å²) < 4.78 is 80.1. The molecule has 0 fully saturated rings. The number of ether oxygens (including phenoxy) is 1. The Labute approximate surface area is 188 Å². The highest BCUT2D eigenvalue weighted by Gasteiger charge is 2.59. The predicted octanol–water partition coefficient (Wildman–Crippen LogP) is 8.35. The Morgan fingerprint density at radius 1 is 0.727 bits per heavy atom. The third kappa shape index (κ3) is 6.63. The van der Waals surface area contributed by atoms with E-state index in [1.54, 1.807) is 12.2 Å². The molecule has 3 rings (SSSR count). The Morgan fingerprint density at radius 3 is 1.64 bits per heavy atom. The van der Waals surface area contributed by atoms with Gasteiger partial charge in [0.25, 0.3) is 6.17 Å². The molecule has 0 saturated carbocycles. The van der Waals surface area contributed by atoms with Crippen molar-refractivity contribution in [1.82, 2.24) is 0 Å². The molecular weight excluding hydrogens is 442 g/mol. The molecule has 0 N–H and O–H groups in total. The summed E-state index contributed by atoms with van der Waals surface area (Å²) in [5.41, 5.74) is 4.99. The van der Waals surface area contributed by atoms with E-state index in [9.17, 15) is 26.3 Å². The molecule has 3 aromatic carbocycles. The molecule has 0 heterocycles. The minimum Gasteiger partial charge on any atom is -0.430 e. The standard InChI is InChI=1S/C26H22F6O/c1-2-3-18-6-12-21(13-7-18)22-14-8-19(9-15-22)4-5-20-10-16-23(17-11-20)33-26(31,32)24(27)25(28,29)30/h4-17,24H,2-3H2,1H3. The van der Waals surface area contributed by atoms with Gasteiger partial charge in [-0.25, -0.2) is 4.39 Å². The van der Waals surface area contributed by atoms with Crippen molar-refractivity contribution in [3.63, 3.8) is 0 Å². The average molecular weight is 464 g/mol. The summed E-state index contributed by atoms with van der Waals surface area (Å²) in [5.74, 6) is -0.571. The molecule has 0 amide bonds. The highest BCUT2D eigenvalue weighted by atomic mass is 19.4. The zero-order valence-corrected chi connectivity index (χ0v) is 17.8.